The van der Waals surface area contributed by atoms with Crippen LogP contribution in [0.25, 0.3) is 5.57 Å². The summed E-state index contributed by atoms with van der Waals surface area (Å²) in [5.41, 5.74) is 3.71. The molecule has 1 saturated carbocycles. The van der Waals surface area contributed by atoms with E-state index < -0.39 is 13.1 Å². The van der Waals surface area contributed by atoms with Crippen molar-refractivity contribution in [3.05, 3.63) is 41.5 Å². The molecular formula is C27H42O2Si. The lowest BCUT2D eigenvalue weighted by atomic mass is 9.75. The number of hydrogen-bond donors (Lipinski definition) is 0. The van der Waals surface area contributed by atoms with Crippen LogP contribution in [0.2, 0.25) is 24.7 Å². The molecule has 1 aromatic carbocycles. The Morgan fingerprint density at radius 1 is 1.10 bits per heavy atom. The van der Waals surface area contributed by atoms with Gasteiger partial charge >= 0.3 is 5.97 Å². The molecule has 0 radical (unpaired) electrons. The van der Waals surface area contributed by atoms with Crippen LogP contribution in [-0.2, 0) is 9.53 Å². The molecule has 1 aromatic rings. The minimum Gasteiger partial charge on any atom is -0.461 e. The third kappa shape index (κ3) is 3.95. The zero-order valence-electron chi connectivity index (χ0n) is 20.6. The predicted molar refractivity (Wildman–Crippen MR) is 130 cm³/mol. The maximum atomic E-state index is 14.1. The average molecular weight is 427 g/mol. The largest absolute Gasteiger partial charge is 0.461 e. The van der Waals surface area contributed by atoms with Gasteiger partial charge in [-0.1, -0.05) is 97.9 Å². The maximum absolute atomic E-state index is 14.1. The molecule has 0 heterocycles. The van der Waals surface area contributed by atoms with Gasteiger partial charge in [-0.3, -0.25) is 4.79 Å². The number of ether oxygens (including phenoxy) is 1. The van der Waals surface area contributed by atoms with Crippen molar-refractivity contribution in [1.29, 1.82) is 0 Å². The van der Waals surface area contributed by atoms with E-state index in [4.69, 9.17) is 4.74 Å². The fraction of sp³-hybridized carbons (Fsp3) is 0.667. The van der Waals surface area contributed by atoms with Crippen LogP contribution in [0.1, 0.15) is 66.4 Å². The lowest BCUT2D eigenvalue weighted by molar-refractivity contribution is -0.156. The van der Waals surface area contributed by atoms with E-state index in [2.05, 4.69) is 85.4 Å². The van der Waals surface area contributed by atoms with Gasteiger partial charge in [-0.25, -0.2) is 0 Å². The van der Waals surface area contributed by atoms with Crippen molar-refractivity contribution >= 4 is 19.6 Å². The normalized spacial score (nSPS) is 29.9. The molecule has 0 saturated heterocycles. The standard InChI is InChI=1S/C27H42O2Si/c1-18(2)21-16-15-19(3)17-22(21)29-25(28)27(30(7,8)9)23(24(27)26(4,5)6)20-13-11-10-12-14-20/h10-14,18-19,21-22H,15-17H2,1-9H3/t19-,21+,22-,27-/m1/s1. The van der Waals surface area contributed by atoms with Gasteiger partial charge in [0.2, 0.25) is 0 Å². The molecule has 0 bridgehead atoms. The molecule has 4 atom stereocenters. The molecule has 1 fully saturated rings. The Bertz CT molecular complexity index is 810. The fourth-order valence-corrected chi connectivity index (χ4v) is 8.80. The first kappa shape index (κ1) is 23.3. The van der Waals surface area contributed by atoms with Crippen molar-refractivity contribution in [2.45, 2.75) is 91.6 Å². The molecule has 3 rings (SSSR count). The number of esters is 1. The van der Waals surface area contributed by atoms with Crippen molar-refractivity contribution in [3.8, 4) is 0 Å². The Hall–Kier alpha value is -1.35. The second kappa shape index (κ2) is 7.96. The van der Waals surface area contributed by atoms with Crippen LogP contribution in [0.3, 0.4) is 0 Å². The monoisotopic (exact) mass is 426 g/mol. The summed E-state index contributed by atoms with van der Waals surface area (Å²) in [5, 5.41) is -0.505. The van der Waals surface area contributed by atoms with Gasteiger partial charge in [0.05, 0.1) is 8.07 Å². The van der Waals surface area contributed by atoms with Gasteiger partial charge < -0.3 is 4.74 Å². The van der Waals surface area contributed by atoms with E-state index in [1.807, 2.05) is 6.07 Å². The summed E-state index contributed by atoms with van der Waals surface area (Å²) in [6.45, 7) is 20.6. The van der Waals surface area contributed by atoms with Crippen LogP contribution >= 0.6 is 0 Å². The Labute approximate surface area is 185 Å². The molecule has 2 aliphatic carbocycles. The molecule has 0 amide bonds. The van der Waals surface area contributed by atoms with Gasteiger partial charge in [0.15, 0.2) is 0 Å². The lowest BCUT2D eigenvalue weighted by Gasteiger charge is -2.40. The first-order valence-electron chi connectivity index (χ1n) is 11.8. The average Bonchev–Trinajstić information content (AvgIpc) is 3.34. The molecule has 0 aromatic heterocycles. The zero-order valence-corrected chi connectivity index (χ0v) is 21.6. The molecule has 0 aliphatic heterocycles. The summed E-state index contributed by atoms with van der Waals surface area (Å²) in [4.78, 5) is 14.1. The van der Waals surface area contributed by atoms with Crippen molar-refractivity contribution < 1.29 is 9.53 Å². The summed E-state index contributed by atoms with van der Waals surface area (Å²) in [5.74, 6) is 1.68. The van der Waals surface area contributed by atoms with Crippen molar-refractivity contribution in [2.75, 3.05) is 0 Å². The van der Waals surface area contributed by atoms with Crippen LogP contribution in [0.5, 0.6) is 0 Å². The second-order valence-corrected chi connectivity index (χ2v) is 17.4. The summed E-state index contributed by atoms with van der Waals surface area (Å²) < 4.78 is 6.52. The zero-order chi connectivity index (χ0) is 22.5. The first-order valence-corrected chi connectivity index (χ1v) is 15.3. The minimum absolute atomic E-state index is 0.0372. The number of hydrogen-bond acceptors (Lipinski definition) is 2. The lowest BCUT2D eigenvalue weighted by Crippen LogP contribution is -2.44. The number of benzene rings is 1. The molecule has 0 N–H and O–H groups in total. The molecule has 0 unspecified atom stereocenters. The van der Waals surface area contributed by atoms with E-state index in [1.165, 1.54) is 29.6 Å². The number of carbonyl (C=O) groups excluding carboxylic acids is 1. The van der Waals surface area contributed by atoms with Crippen LogP contribution in [0, 0.1) is 23.2 Å². The quantitative estimate of drug-likeness (QED) is 0.358. The van der Waals surface area contributed by atoms with Crippen molar-refractivity contribution in [2.24, 2.45) is 23.2 Å². The predicted octanol–water partition coefficient (Wildman–Crippen LogP) is 7.58. The van der Waals surface area contributed by atoms with Crippen molar-refractivity contribution in [3.63, 3.8) is 0 Å². The highest BCUT2D eigenvalue weighted by Gasteiger charge is 2.70. The first-order chi connectivity index (χ1) is 13.8. The molecule has 0 spiro atoms. The van der Waals surface area contributed by atoms with Gasteiger partial charge in [-0.15, -0.1) is 0 Å². The van der Waals surface area contributed by atoms with Crippen LogP contribution in [0.15, 0.2) is 35.9 Å². The van der Waals surface area contributed by atoms with Gasteiger partial charge in [0.25, 0.3) is 0 Å². The topological polar surface area (TPSA) is 26.3 Å². The number of rotatable bonds is 5. The van der Waals surface area contributed by atoms with Gasteiger partial charge in [-0.05, 0) is 52.7 Å². The highest BCUT2D eigenvalue weighted by molar-refractivity contribution is 6.87. The van der Waals surface area contributed by atoms with E-state index in [0.29, 0.717) is 17.8 Å². The highest BCUT2D eigenvalue weighted by Crippen LogP contribution is 2.75. The van der Waals surface area contributed by atoms with Crippen LogP contribution in [-0.4, -0.2) is 20.1 Å². The van der Waals surface area contributed by atoms with Crippen LogP contribution in [0.4, 0.5) is 0 Å². The molecule has 2 aliphatic rings. The third-order valence-corrected chi connectivity index (χ3v) is 10.4. The minimum atomic E-state index is -1.95. The molecule has 2 nitrogen and oxygen atoms in total. The Kier molecular flexibility index (Phi) is 6.19. The summed E-state index contributed by atoms with van der Waals surface area (Å²) in [7, 11) is -1.95. The van der Waals surface area contributed by atoms with Gasteiger partial charge in [-0.2, -0.15) is 0 Å². The molecular weight excluding hydrogens is 384 g/mol. The Morgan fingerprint density at radius 3 is 2.20 bits per heavy atom. The van der Waals surface area contributed by atoms with Gasteiger partial charge in [0, 0.05) is 0 Å². The van der Waals surface area contributed by atoms with E-state index in [-0.39, 0.29) is 17.5 Å². The summed E-state index contributed by atoms with van der Waals surface area (Å²) in [6, 6.07) is 10.5. The van der Waals surface area contributed by atoms with Crippen molar-refractivity contribution in [1.82, 2.24) is 0 Å². The SMILES string of the molecule is CC(C)[C@@H]1CC[C@@H](C)C[C@H]1OC(=O)[C@@]1([Si](C)(C)C)C(c2ccccc2)=C1C(C)(C)C. The third-order valence-electron chi connectivity index (χ3n) is 7.40. The van der Waals surface area contributed by atoms with Gasteiger partial charge in [0.1, 0.15) is 11.1 Å². The summed E-state index contributed by atoms with van der Waals surface area (Å²) in [6.07, 6.45) is 3.47. The Morgan fingerprint density at radius 2 is 1.70 bits per heavy atom. The second-order valence-electron chi connectivity index (χ2n) is 12.1. The van der Waals surface area contributed by atoms with E-state index >= 15 is 0 Å². The summed E-state index contributed by atoms with van der Waals surface area (Å²) >= 11 is 0. The molecule has 3 heteroatoms. The van der Waals surface area contributed by atoms with E-state index in [9.17, 15) is 4.79 Å². The molecule has 166 valence electrons. The van der Waals surface area contributed by atoms with Crippen LogP contribution < -0.4 is 0 Å². The highest BCUT2D eigenvalue weighted by atomic mass is 28.3. The fourth-order valence-electron chi connectivity index (χ4n) is 5.92. The smallest absolute Gasteiger partial charge is 0.318 e. The molecule has 30 heavy (non-hydrogen) atoms. The Balaban J connectivity index is 2.01. The van der Waals surface area contributed by atoms with E-state index in [1.54, 1.807) is 0 Å². The number of carbonyl (C=O) groups is 1. The maximum Gasteiger partial charge on any atom is 0.318 e. The van der Waals surface area contributed by atoms with E-state index in [0.717, 1.165) is 6.42 Å².